The van der Waals surface area contributed by atoms with E-state index in [1.165, 1.54) is 5.56 Å². The number of fused-ring (bicyclic) bond motifs is 1. The maximum atomic E-state index is 12.3. The molecule has 0 spiro atoms. The van der Waals surface area contributed by atoms with Crippen LogP contribution in [0.4, 0.5) is 0 Å². The standard InChI is InChI=1S/C24H28N2O3/c1-4-14-25-24(28)22(5-2)29-20-12-11-18-13-15-26(17(3)27)23(21(18)16-20)19-9-7-6-8-10-19/h4,6-12,16,22-23H,1,5,13-15H2,2-3H3,(H,25,28)/t22-,23+/m1/s1. The van der Waals surface area contributed by atoms with Gasteiger partial charge in [0.25, 0.3) is 5.91 Å². The Morgan fingerprint density at radius 1 is 1.28 bits per heavy atom. The van der Waals surface area contributed by atoms with Gasteiger partial charge in [0.2, 0.25) is 5.91 Å². The molecule has 0 bridgehead atoms. The molecule has 0 aliphatic carbocycles. The molecule has 1 aliphatic rings. The summed E-state index contributed by atoms with van der Waals surface area (Å²) in [6.07, 6.45) is 2.43. The van der Waals surface area contributed by atoms with E-state index >= 15 is 0 Å². The second-order valence-corrected chi connectivity index (χ2v) is 7.18. The van der Waals surface area contributed by atoms with Crippen LogP contribution in [0.15, 0.2) is 61.2 Å². The van der Waals surface area contributed by atoms with Crippen molar-refractivity contribution in [2.45, 2.75) is 38.8 Å². The van der Waals surface area contributed by atoms with Gasteiger partial charge in [-0.1, -0.05) is 49.4 Å². The molecule has 2 amide bonds. The monoisotopic (exact) mass is 392 g/mol. The first-order valence-electron chi connectivity index (χ1n) is 10.0. The quantitative estimate of drug-likeness (QED) is 0.732. The SMILES string of the molecule is C=CCNC(=O)[C@@H](CC)Oc1ccc2c(c1)[C@H](c1ccccc1)N(C(C)=O)CC2. The van der Waals surface area contributed by atoms with Gasteiger partial charge < -0.3 is 15.0 Å². The van der Waals surface area contributed by atoms with E-state index in [0.717, 1.165) is 17.5 Å². The summed E-state index contributed by atoms with van der Waals surface area (Å²) in [5, 5.41) is 2.79. The number of nitrogens with zero attached hydrogens (tertiary/aromatic N) is 1. The van der Waals surface area contributed by atoms with E-state index in [1.54, 1.807) is 13.0 Å². The zero-order valence-electron chi connectivity index (χ0n) is 17.1. The third kappa shape index (κ3) is 4.67. The molecule has 1 heterocycles. The van der Waals surface area contributed by atoms with E-state index in [2.05, 4.69) is 11.9 Å². The fraction of sp³-hybridized carbons (Fsp3) is 0.333. The third-order valence-corrected chi connectivity index (χ3v) is 5.23. The molecule has 152 valence electrons. The Morgan fingerprint density at radius 3 is 2.69 bits per heavy atom. The lowest BCUT2D eigenvalue weighted by atomic mass is 9.88. The summed E-state index contributed by atoms with van der Waals surface area (Å²) >= 11 is 0. The molecule has 0 radical (unpaired) electrons. The maximum absolute atomic E-state index is 12.3. The van der Waals surface area contributed by atoms with Crippen molar-refractivity contribution in [2.24, 2.45) is 0 Å². The number of carbonyl (C=O) groups is 2. The Bertz CT molecular complexity index is 879. The van der Waals surface area contributed by atoms with Gasteiger partial charge in [0.1, 0.15) is 5.75 Å². The summed E-state index contributed by atoms with van der Waals surface area (Å²) in [6.45, 7) is 8.24. The first-order valence-corrected chi connectivity index (χ1v) is 10.0. The zero-order chi connectivity index (χ0) is 20.8. The van der Waals surface area contributed by atoms with Crippen molar-refractivity contribution >= 4 is 11.8 Å². The molecule has 5 heteroatoms. The summed E-state index contributed by atoms with van der Waals surface area (Å²) in [5.41, 5.74) is 3.32. The number of ether oxygens (including phenoxy) is 1. The molecule has 0 unspecified atom stereocenters. The largest absolute Gasteiger partial charge is 0.481 e. The molecule has 1 aliphatic heterocycles. The van der Waals surface area contributed by atoms with Crippen LogP contribution in [0, 0.1) is 0 Å². The summed E-state index contributed by atoms with van der Waals surface area (Å²) in [6, 6.07) is 15.8. The predicted molar refractivity (Wildman–Crippen MR) is 114 cm³/mol. The molecule has 2 aromatic carbocycles. The van der Waals surface area contributed by atoms with Gasteiger partial charge in [-0.3, -0.25) is 9.59 Å². The van der Waals surface area contributed by atoms with Gasteiger partial charge in [0, 0.05) is 20.0 Å². The molecule has 0 fully saturated rings. The second kappa shape index (κ2) is 9.41. The number of carbonyl (C=O) groups excluding carboxylic acids is 2. The van der Waals surface area contributed by atoms with Gasteiger partial charge >= 0.3 is 0 Å². The first-order chi connectivity index (χ1) is 14.0. The van der Waals surface area contributed by atoms with Crippen LogP contribution in [-0.2, 0) is 16.0 Å². The molecule has 0 saturated heterocycles. The Morgan fingerprint density at radius 2 is 2.03 bits per heavy atom. The molecular formula is C24H28N2O3. The van der Waals surface area contributed by atoms with Gasteiger partial charge in [-0.15, -0.1) is 6.58 Å². The summed E-state index contributed by atoms with van der Waals surface area (Å²) in [5.74, 6) is 0.525. The Kier molecular flexibility index (Phi) is 6.70. The fourth-order valence-corrected chi connectivity index (χ4v) is 3.77. The van der Waals surface area contributed by atoms with Crippen molar-refractivity contribution in [3.8, 4) is 5.75 Å². The highest BCUT2D eigenvalue weighted by molar-refractivity contribution is 5.81. The van der Waals surface area contributed by atoms with Gasteiger partial charge in [-0.25, -0.2) is 0 Å². The summed E-state index contributed by atoms with van der Waals surface area (Å²) < 4.78 is 6.02. The van der Waals surface area contributed by atoms with Gasteiger partial charge in [0.05, 0.1) is 6.04 Å². The van der Waals surface area contributed by atoms with Crippen molar-refractivity contribution in [2.75, 3.05) is 13.1 Å². The third-order valence-electron chi connectivity index (χ3n) is 5.23. The molecule has 0 aromatic heterocycles. The number of amides is 2. The smallest absolute Gasteiger partial charge is 0.261 e. The van der Waals surface area contributed by atoms with Crippen LogP contribution in [0.2, 0.25) is 0 Å². The lowest BCUT2D eigenvalue weighted by molar-refractivity contribution is -0.131. The normalized spacial score (nSPS) is 16.5. The molecule has 29 heavy (non-hydrogen) atoms. The van der Waals surface area contributed by atoms with Crippen LogP contribution in [0.1, 0.15) is 43.0 Å². The minimum atomic E-state index is -0.573. The van der Waals surface area contributed by atoms with Crippen molar-refractivity contribution in [1.82, 2.24) is 10.2 Å². The number of hydrogen-bond acceptors (Lipinski definition) is 3. The topological polar surface area (TPSA) is 58.6 Å². The Balaban J connectivity index is 1.93. The van der Waals surface area contributed by atoms with Crippen LogP contribution >= 0.6 is 0 Å². The average molecular weight is 392 g/mol. The Labute approximate surface area is 172 Å². The molecule has 0 saturated carbocycles. The number of hydrogen-bond donors (Lipinski definition) is 1. The minimum absolute atomic E-state index is 0.0473. The molecule has 2 aromatic rings. The second-order valence-electron chi connectivity index (χ2n) is 7.18. The molecule has 5 nitrogen and oxygen atoms in total. The van der Waals surface area contributed by atoms with Crippen LogP contribution in [0.5, 0.6) is 5.75 Å². The van der Waals surface area contributed by atoms with Gasteiger partial charge in [0.15, 0.2) is 6.10 Å². The molecule has 2 atom stereocenters. The maximum Gasteiger partial charge on any atom is 0.261 e. The van der Waals surface area contributed by atoms with Crippen LogP contribution in [0.25, 0.3) is 0 Å². The number of nitrogens with one attached hydrogen (secondary N) is 1. The first kappa shape index (κ1) is 20.6. The highest BCUT2D eigenvalue weighted by Gasteiger charge is 2.31. The summed E-state index contributed by atoms with van der Waals surface area (Å²) in [7, 11) is 0. The highest BCUT2D eigenvalue weighted by Crippen LogP contribution is 2.37. The van der Waals surface area contributed by atoms with E-state index in [1.807, 2.05) is 60.4 Å². The Hall–Kier alpha value is -3.08. The molecule has 3 rings (SSSR count). The lowest BCUT2D eigenvalue weighted by Crippen LogP contribution is -2.39. The van der Waals surface area contributed by atoms with E-state index in [4.69, 9.17) is 4.74 Å². The highest BCUT2D eigenvalue weighted by atomic mass is 16.5. The van der Waals surface area contributed by atoms with Crippen LogP contribution in [0.3, 0.4) is 0 Å². The average Bonchev–Trinajstić information content (AvgIpc) is 2.75. The van der Waals surface area contributed by atoms with E-state index in [9.17, 15) is 9.59 Å². The number of benzene rings is 2. The fourth-order valence-electron chi connectivity index (χ4n) is 3.77. The predicted octanol–water partition coefficient (Wildman–Crippen LogP) is 3.64. The van der Waals surface area contributed by atoms with Crippen molar-refractivity contribution < 1.29 is 14.3 Å². The van der Waals surface area contributed by atoms with Crippen molar-refractivity contribution in [3.05, 3.63) is 77.9 Å². The van der Waals surface area contributed by atoms with Crippen LogP contribution in [-0.4, -0.2) is 35.9 Å². The van der Waals surface area contributed by atoms with Crippen molar-refractivity contribution in [3.63, 3.8) is 0 Å². The zero-order valence-corrected chi connectivity index (χ0v) is 17.1. The lowest BCUT2D eigenvalue weighted by Gasteiger charge is -2.37. The molecular weight excluding hydrogens is 364 g/mol. The van der Waals surface area contributed by atoms with Crippen molar-refractivity contribution in [1.29, 1.82) is 0 Å². The van der Waals surface area contributed by atoms with Gasteiger partial charge in [-0.2, -0.15) is 0 Å². The van der Waals surface area contributed by atoms with E-state index < -0.39 is 6.10 Å². The van der Waals surface area contributed by atoms with E-state index in [0.29, 0.717) is 25.3 Å². The number of rotatable bonds is 7. The van der Waals surface area contributed by atoms with Crippen LogP contribution < -0.4 is 10.1 Å². The minimum Gasteiger partial charge on any atom is -0.481 e. The van der Waals surface area contributed by atoms with Gasteiger partial charge in [-0.05, 0) is 41.7 Å². The van der Waals surface area contributed by atoms with E-state index in [-0.39, 0.29) is 17.9 Å². The molecule has 1 N–H and O–H groups in total. The summed E-state index contributed by atoms with van der Waals surface area (Å²) in [4.78, 5) is 26.5.